The van der Waals surface area contributed by atoms with Crippen LogP contribution in [0, 0.1) is 12.7 Å². The molecule has 0 bridgehead atoms. The maximum Gasteiger partial charge on any atom is 0.266 e. The molecule has 4 aromatic rings. The monoisotopic (exact) mass is 479 g/mol. The summed E-state index contributed by atoms with van der Waals surface area (Å²) in [6.45, 7) is 5.75. The molecule has 0 saturated carbocycles. The highest BCUT2D eigenvalue weighted by atomic mass is 32.2. The van der Waals surface area contributed by atoms with Crippen LogP contribution in [-0.2, 0) is 10.0 Å². The van der Waals surface area contributed by atoms with Crippen LogP contribution in [0.2, 0.25) is 0 Å². The first kappa shape index (κ1) is 23.8. The van der Waals surface area contributed by atoms with E-state index in [9.17, 15) is 17.6 Å². The van der Waals surface area contributed by atoms with Crippen LogP contribution >= 0.6 is 0 Å². The van der Waals surface area contributed by atoms with Crippen LogP contribution in [0.25, 0.3) is 16.6 Å². The van der Waals surface area contributed by atoms with Gasteiger partial charge in [0.1, 0.15) is 11.6 Å². The zero-order chi connectivity index (χ0) is 24.5. The molecule has 1 aromatic heterocycles. The Morgan fingerprint density at radius 1 is 1.00 bits per heavy atom. The predicted molar refractivity (Wildman–Crippen MR) is 131 cm³/mol. The highest BCUT2D eigenvalue weighted by molar-refractivity contribution is 7.89. The summed E-state index contributed by atoms with van der Waals surface area (Å²) in [7, 11) is -3.99. The first-order valence-electron chi connectivity index (χ1n) is 11.1. The Bertz CT molecular complexity index is 1480. The van der Waals surface area contributed by atoms with Gasteiger partial charge in [0.2, 0.25) is 10.0 Å². The summed E-state index contributed by atoms with van der Waals surface area (Å²) in [5.41, 5.74) is 1.86. The van der Waals surface area contributed by atoms with Crippen molar-refractivity contribution in [1.82, 2.24) is 13.9 Å². The molecule has 1 unspecified atom stereocenters. The van der Waals surface area contributed by atoms with Gasteiger partial charge >= 0.3 is 0 Å². The van der Waals surface area contributed by atoms with Gasteiger partial charge in [-0.05, 0) is 68.8 Å². The number of hydrogen-bond donors (Lipinski definition) is 0. The molecule has 0 N–H and O–H groups in total. The second-order valence-electron chi connectivity index (χ2n) is 8.21. The Balaban J connectivity index is 1.94. The van der Waals surface area contributed by atoms with E-state index in [1.165, 1.54) is 21.0 Å². The number of aromatic nitrogens is 2. The van der Waals surface area contributed by atoms with E-state index in [0.717, 1.165) is 17.7 Å². The van der Waals surface area contributed by atoms with Crippen molar-refractivity contribution in [2.45, 2.75) is 38.1 Å². The quantitative estimate of drug-likeness (QED) is 0.374. The molecule has 0 spiro atoms. The third-order valence-electron chi connectivity index (χ3n) is 5.76. The number of fused-ring (bicyclic) bond motifs is 1. The molecular weight excluding hydrogens is 453 g/mol. The van der Waals surface area contributed by atoms with Gasteiger partial charge in [-0.25, -0.2) is 17.8 Å². The lowest BCUT2D eigenvalue weighted by Crippen LogP contribution is -2.38. The van der Waals surface area contributed by atoms with Crippen molar-refractivity contribution in [2.75, 3.05) is 6.54 Å². The summed E-state index contributed by atoms with van der Waals surface area (Å²) < 4.78 is 43.4. The average molecular weight is 480 g/mol. The predicted octanol–water partition coefficient (Wildman–Crippen LogP) is 5.00. The number of nitrogens with zero attached hydrogens (tertiary/aromatic N) is 3. The second-order valence-corrected chi connectivity index (χ2v) is 10.1. The Hall–Kier alpha value is -3.36. The minimum atomic E-state index is -3.99. The molecule has 176 valence electrons. The van der Waals surface area contributed by atoms with E-state index < -0.39 is 21.9 Å². The molecule has 1 atom stereocenters. The van der Waals surface area contributed by atoms with E-state index in [0.29, 0.717) is 28.8 Å². The molecule has 0 fully saturated rings. The zero-order valence-electron chi connectivity index (χ0n) is 19.3. The minimum Gasteiger partial charge on any atom is -0.268 e. The average Bonchev–Trinajstić information content (AvgIpc) is 2.83. The number of halogens is 1. The Labute approximate surface area is 198 Å². The van der Waals surface area contributed by atoms with Gasteiger partial charge in [0.05, 0.1) is 27.5 Å². The molecule has 0 aliphatic carbocycles. The molecule has 8 heteroatoms. The zero-order valence-corrected chi connectivity index (χ0v) is 20.1. The Morgan fingerprint density at radius 2 is 1.65 bits per heavy atom. The molecule has 0 radical (unpaired) electrons. The van der Waals surface area contributed by atoms with E-state index in [1.54, 1.807) is 31.2 Å². The summed E-state index contributed by atoms with van der Waals surface area (Å²) in [6.07, 6.45) is 0.549. The number of benzene rings is 3. The smallest absolute Gasteiger partial charge is 0.266 e. The second kappa shape index (κ2) is 9.48. The lowest BCUT2D eigenvalue weighted by Gasteiger charge is -2.29. The van der Waals surface area contributed by atoms with Gasteiger partial charge in [0, 0.05) is 6.54 Å². The third kappa shape index (κ3) is 4.38. The topological polar surface area (TPSA) is 72.3 Å². The van der Waals surface area contributed by atoms with Crippen molar-refractivity contribution in [1.29, 1.82) is 0 Å². The van der Waals surface area contributed by atoms with Crippen molar-refractivity contribution in [3.8, 4) is 5.69 Å². The van der Waals surface area contributed by atoms with E-state index in [1.807, 2.05) is 38.1 Å². The van der Waals surface area contributed by atoms with Crippen molar-refractivity contribution in [3.63, 3.8) is 0 Å². The Morgan fingerprint density at radius 3 is 2.29 bits per heavy atom. The van der Waals surface area contributed by atoms with Crippen LogP contribution < -0.4 is 5.56 Å². The first-order valence-corrected chi connectivity index (χ1v) is 12.5. The fraction of sp³-hybridized carbons (Fsp3) is 0.231. The number of rotatable bonds is 7. The maximum absolute atomic E-state index is 13.6. The van der Waals surface area contributed by atoms with E-state index in [2.05, 4.69) is 0 Å². The highest BCUT2D eigenvalue weighted by Gasteiger charge is 2.32. The van der Waals surface area contributed by atoms with Gasteiger partial charge in [-0.2, -0.15) is 4.31 Å². The Kier molecular flexibility index (Phi) is 6.63. The molecule has 3 aromatic carbocycles. The molecule has 34 heavy (non-hydrogen) atoms. The largest absolute Gasteiger partial charge is 0.268 e. The van der Waals surface area contributed by atoms with Crippen LogP contribution in [0.3, 0.4) is 0 Å². The molecule has 1 heterocycles. The standard InChI is InChI=1S/C26H26FN3O3S/c1-4-17-29(34(32,33)22-15-11-20(27)12-16-22)19(3)25-28-24-8-6-5-7-23(24)26(31)30(25)21-13-9-18(2)10-14-21/h5-16,19H,4,17H2,1-3H3. The van der Waals surface area contributed by atoms with Gasteiger partial charge in [0.25, 0.3) is 5.56 Å². The van der Waals surface area contributed by atoms with Crippen LogP contribution in [-0.4, -0.2) is 28.8 Å². The fourth-order valence-electron chi connectivity index (χ4n) is 3.99. The van der Waals surface area contributed by atoms with Crippen molar-refractivity contribution in [3.05, 3.63) is 100 Å². The van der Waals surface area contributed by atoms with Crippen LogP contribution in [0.4, 0.5) is 4.39 Å². The number of hydrogen-bond acceptors (Lipinski definition) is 4. The molecule has 0 saturated heterocycles. The highest BCUT2D eigenvalue weighted by Crippen LogP contribution is 2.29. The third-order valence-corrected chi connectivity index (χ3v) is 7.75. The lowest BCUT2D eigenvalue weighted by atomic mass is 10.2. The fourth-order valence-corrected chi connectivity index (χ4v) is 5.67. The van der Waals surface area contributed by atoms with Crippen LogP contribution in [0.15, 0.2) is 82.5 Å². The van der Waals surface area contributed by atoms with Crippen molar-refractivity contribution >= 4 is 20.9 Å². The van der Waals surface area contributed by atoms with Gasteiger partial charge in [-0.1, -0.05) is 36.8 Å². The molecule has 0 amide bonds. The van der Waals surface area contributed by atoms with Gasteiger partial charge in [-0.15, -0.1) is 0 Å². The van der Waals surface area contributed by atoms with E-state index in [-0.39, 0.29) is 17.0 Å². The first-order chi connectivity index (χ1) is 16.2. The molecule has 0 aliphatic heterocycles. The molecular formula is C26H26FN3O3S. The SMILES string of the molecule is CCCN(C(C)c1nc2ccccc2c(=O)n1-c1ccc(C)cc1)S(=O)(=O)c1ccc(F)cc1. The lowest BCUT2D eigenvalue weighted by molar-refractivity contribution is 0.327. The van der Waals surface area contributed by atoms with E-state index >= 15 is 0 Å². The van der Waals surface area contributed by atoms with Crippen molar-refractivity contribution < 1.29 is 12.8 Å². The number of aryl methyl sites for hydroxylation is 1. The van der Waals surface area contributed by atoms with Crippen molar-refractivity contribution in [2.24, 2.45) is 0 Å². The van der Waals surface area contributed by atoms with Crippen LogP contribution in [0.5, 0.6) is 0 Å². The maximum atomic E-state index is 13.6. The van der Waals surface area contributed by atoms with E-state index in [4.69, 9.17) is 4.98 Å². The summed E-state index contributed by atoms with van der Waals surface area (Å²) in [4.78, 5) is 18.3. The number of sulfonamides is 1. The summed E-state index contributed by atoms with van der Waals surface area (Å²) in [5, 5.41) is 0.447. The minimum absolute atomic E-state index is 0.0146. The summed E-state index contributed by atoms with van der Waals surface area (Å²) >= 11 is 0. The summed E-state index contributed by atoms with van der Waals surface area (Å²) in [5.74, 6) is -0.204. The normalized spacial score (nSPS) is 12.9. The van der Waals surface area contributed by atoms with Crippen LogP contribution in [0.1, 0.15) is 37.7 Å². The summed E-state index contributed by atoms with van der Waals surface area (Å²) in [6, 6.07) is 18.4. The molecule has 6 nitrogen and oxygen atoms in total. The van der Waals surface area contributed by atoms with Gasteiger partial charge in [0.15, 0.2) is 0 Å². The molecule has 0 aliphatic rings. The van der Waals surface area contributed by atoms with Gasteiger partial charge in [-0.3, -0.25) is 9.36 Å². The van der Waals surface area contributed by atoms with Gasteiger partial charge < -0.3 is 0 Å². The molecule has 4 rings (SSSR count). The number of para-hydroxylation sites is 1.